The van der Waals surface area contributed by atoms with E-state index in [0.29, 0.717) is 6.42 Å². The molecule has 4 bridgehead atoms. The molecular formula is C22H32N4O. The molecule has 1 N–H and O–H groups in total. The van der Waals surface area contributed by atoms with Crippen LogP contribution in [-0.2, 0) is 4.79 Å². The molecule has 27 heavy (non-hydrogen) atoms. The van der Waals surface area contributed by atoms with Crippen LogP contribution in [0.5, 0.6) is 0 Å². The van der Waals surface area contributed by atoms with Gasteiger partial charge >= 0.3 is 0 Å². The molecule has 0 atom stereocenters. The third kappa shape index (κ3) is 3.57. The van der Waals surface area contributed by atoms with Gasteiger partial charge in [-0.25, -0.2) is 9.97 Å². The van der Waals surface area contributed by atoms with Gasteiger partial charge in [-0.2, -0.15) is 0 Å². The molecule has 4 aliphatic carbocycles. The van der Waals surface area contributed by atoms with E-state index in [0.717, 1.165) is 48.4 Å². The van der Waals surface area contributed by atoms with Gasteiger partial charge in [0.15, 0.2) is 0 Å². The number of piperidine rings is 1. The Hall–Kier alpha value is -1.65. The van der Waals surface area contributed by atoms with Gasteiger partial charge in [0.05, 0.1) is 18.1 Å². The molecule has 0 aromatic carbocycles. The lowest BCUT2D eigenvalue weighted by Crippen LogP contribution is -2.47. The molecule has 5 aliphatic rings. The van der Waals surface area contributed by atoms with Crippen molar-refractivity contribution in [3.63, 3.8) is 0 Å². The van der Waals surface area contributed by atoms with Gasteiger partial charge in [-0.3, -0.25) is 4.79 Å². The van der Waals surface area contributed by atoms with Crippen molar-refractivity contribution >= 4 is 17.5 Å². The van der Waals surface area contributed by atoms with Gasteiger partial charge in [0.1, 0.15) is 0 Å². The summed E-state index contributed by atoms with van der Waals surface area (Å²) in [5, 5.41) is 3.07. The Kier molecular flexibility index (Phi) is 4.36. The summed E-state index contributed by atoms with van der Waals surface area (Å²) in [5.41, 5.74) is 1.02. The average molecular weight is 369 g/mol. The molecule has 1 aromatic rings. The molecule has 0 unspecified atom stereocenters. The fourth-order valence-corrected chi connectivity index (χ4v) is 6.81. The van der Waals surface area contributed by atoms with E-state index < -0.39 is 0 Å². The van der Waals surface area contributed by atoms with E-state index in [2.05, 4.69) is 27.1 Å². The second-order valence-corrected chi connectivity index (χ2v) is 10.1. The van der Waals surface area contributed by atoms with Crippen LogP contribution < -0.4 is 10.2 Å². The van der Waals surface area contributed by atoms with Gasteiger partial charge in [0, 0.05) is 19.5 Å². The number of amides is 1. The lowest BCUT2D eigenvalue weighted by atomic mass is 9.49. The molecule has 1 aromatic heterocycles. The Bertz CT molecular complexity index is 657. The Morgan fingerprint density at radius 3 is 2.19 bits per heavy atom. The molecule has 0 spiro atoms. The maximum absolute atomic E-state index is 12.7. The highest BCUT2D eigenvalue weighted by atomic mass is 16.1. The molecule has 6 rings (SSSR count). The monoisotopic (exact) mass is 368 g/mol. The van der Waals surface area contributed by atoms with Crippen molar-refractivity contribution < 1.29 is 4.79 Å². The Labute approximate surface area is 162 Å². The highest BCUT2D eigenvalue weighted by Gasteiger charge is 2.51. The topological polar surface area (TPSA) is 58.1 Å². The number of carbonyl (C=O) groups excluding carboxylic acids is 1. The first-order valence-electron chi connectivity index (χ1n) is 10.9. The minimum Gasteiger partial charge on any atom is -0.341 e. The summed E-state index contributed by atoms with van der Waals surface area (Å²) in [5.74, 6) is 4.40. The largest absolute Gasteiger partial charge is 0.341 e. The number of hydrogen-bond acceptors (Lipinski definition) is 4. The van der Waals surface area contributed by atoms with Crippen molar-refractivity contribution in [3.8, 4) is 0 Å². The SMILES string of the molecule is CC1CCN(c2ncc(NC(=O)CC34CC5CC(CC(C5)C3)C4)cn2)CC1. The number of nitrogens with one attached hydrogen (secondary N) is 1. The van der Waals surface area contributed by atoms with E-state index in [4.69, 9.17) is 0 Å². The Balaban J connectivity index is 1.19. The lowest BCUT2D eigenvalue weighted by molar-refractivity contribution is -0.124. The summed E-state index contributed by atoms with van der Waals surface area (Å²) in [4.78, 5) is 24.0. The predicted octanol–water partition coefficient (Wildman–Crippen LogP) is 4.26. The third-order valence-electron chi connectivity index (χ3n) is 7.69. The summed E-state index contributed by atoms with van der Waals surface area (Å²) in [6.07, 6.45) is 14.7. The smallest absolute Gasteiger partial charge is 0.225 e. The molecule has 5 nitrogen and oxygen atoms in total. The number of hydrogen-bond donors (Lipinski definition) is 1. The number of anilines is 2. The highest BCUT2D eigenvalue weighted by Crippen LogP contribution is 2.61. The molecule has 2 heterocycles. The molecule has 1 aliphatic heterocycles. The van der Waals surface area contributed by atoms with Crippen LogP contribution in [0.15, 0.2) is 12.4 Å². The van der Waals surface area contributed by atoms with Crippen LogP contribution in [-0.4, -0.2) is 29.0 Å². The third-order valence-corrected chi connectivity index (χ3v) is 7.69. The van der Waals surface area contributed by atoms with Gasteiger partial charge in [-0.1, -0.05) is 6.92 Å². The maximum atomic E-state index is 12.7. The normalized spacial score (nSPS) is 35.4. The van der Waals surface area contributed by atoms with Crippen molar-refractivity contribution in [2.45, 2.75) is 64.7 Å². The van der Waals surface area contributed by atoms with Crippen LogP contribution >= 0.6 is 0 Å². The van der Waals surface area contributed by atoms with Crippen molar-refractivity contribution in [2.24, 2.45) is 29.1 Å². The standard InChI is InChI=1S/C22H32N4O/c1-15-2-4-26(5-3-15)21-23-13-19(14-24-21)25-20(27)12-22-9-16-6-17(10-22)8-18(7-16)11-22/h13-18H,2-12H2,1H3,(H,25,27). The molecule has 1 saturated heterocycles. The van der Waals surface area contributed by atoms with E-state index >= 15 is 0 Å². The molecule has 146 valence electrons. The van der Waals surface area contributed by atoms with Crippen LogP contribution in [0, 0.1) is 29.1 Å². The van der Waals surface area contributed by atoms with Crippen molar-refractivity contribution in [1.82, 2.24) is 9.97 Å². The minimum atomic E-state index is 0.153. The first-order valence-corrected chi connectivity index (χ1v) is 10.9. The second kappa shape index (κ2) is 6.75. The van der Waals surface area contributed by atoms with E-state index in [1.165, 1.54) is 51.4 Å². The quantitative estimate of drug-likeness (QED) is 0.863. The molecule has 1 amide bonds. The zero-order chi connectivity index (χ0) is 18.4. The zero-order valence-electron chi connectivity index (χ0n) is 16.5. The van der Waals surface area contributed by atoms with E-state index in [1.54, 1.807) is 12.4 Å². The summed E-state index contributed by atoms with van der Waals surface area (Å²) >= 11 is 0. The molecule has 4 saturated carbocycles. The van der Waals surface area contributed by atoms with Crippen molar-refractivity contribution in [2.75, 3.05) is 23.3 Å². The van der Waals surface area contributed by atoms with Crippen LogP contribution in [0.1, 0.15) is 64.7 Å². The fraction of sp³-hybridized carbons (Fsp3) is 0.773. The zero-order valence-corrected chi connectivity index (χ0v) is 16.5. The summed E-state index contributed by atoms with van der Waals surface area (Å²) in [6.45, 7) is 4.36. The first-order chi connectivity index (χ1) is 13.1. The number of carbonyl (C=O) groups is 1. The van der Waals surface area contributed by atoms with Crippen LogP contribution in [0.3, 0.4) is 0 Å². The van der Waals surface area contributed by atoms with Gasteiger partial charge in [-0.05, 0) is 80.5 Å². The van der Waals surface area contributed by atoms with Crippen LogP contribution in [0.4, 0.5) is 11.6 Å². The molecular weight excluding hydrogens is 336 g/mol. The van der Waals surface area contributed by atoms with Crippen molar-refractivity contribution in [3.05, 3.63) is 12.4 Å². The van der Waals surface area contributed by atoms with Gasteiger partial charge in [0.25, 0.3) is 0 Å². The fourth-order valence-electron chi connectivity index (χ4n) is 6.81. The highest BCUT2D eigenvalue weighted by molar-refractivity contribution is 5.90. The number of aromatic nitrogens is 2. The van der Waals surface area contributed by atoms with Gasteiger partial charge < -0.3 is 10.2 Å². The van der Waals surface area contributed by atoms with Crippen LogP contribution in [0.2, 0.25) is 0 Å². The number of rotatable bonds is 4. The van der Waals surface area contributed by atoms with Gasteiger partial charge in [-0.15, -0.1) is 0 Å². The average Bonchev–Trinajstić information content (AvgIpc) is 2.61. The number of nitrogens with zero attached hydrogens (tertiary/aromatic N) is 3. The first kappa shape index (κ1) is 17.4. The lowest BCUT2D eigenvalue weighted by Gasteiger charge is -2.56. The van der Waals surface area contributed by atoms with Crippen LogP contribution in [0.25, 0.3) is 0 Å². The summed E-state index contributed by atoms with van der Waals surface area (Å²) < 4.78 is 0. The molecule has 5 heteroatoms. The van der Waals surface area contributed by atoms with E-state index in [1.807, 2.05) is 0 Å². The minimum absolute atomic E-state index is 0.153. The predicted molar refractivity (Wildman–Crippen MR) is 106 cm³/mol. The second-order valence-electron chi connectivity index (χ2n) is 10.1. The van der Waals surface area contributed by atoms with E-state index in [9.17, 15) is 4.79 Å². The molecule has 5 fully saturated rings. The summed E-state index contributed by atoms with van der Waals surface area (Å²) in [6, 6.07) is 0. The van der Waals surface area contributed by atoms with Crippen molar-refractivity contribution in [1.29, 1.82) is 0 Å². The summed E-state index contributed by atoms with van der Waals surface area (Å²) in [7, 11) is 0. The molecule has 0 radical (unpaired) electrons. The maximum Gasteiger partial charge on any atom is 0.225 e. The Morgan fingerprint density at radius 2 is 1.63 bits per heavy atom. The van der Waals surface area contributed by atoms with E-state index in [-0.39, 0.29) is 11.3 Å². The van der Waals surface area contributed by atoms with Gasteiger partial charge in [0.2, 0.25) is 11.9 Å². The Morgan fingerprint density at radius 1 is 1.07 bits per heavy atom.